The summed E-state index contributed by atoms with van der Waals surface area (Å²) in [5, 5.41) is 2.79. The third-order valence-corrected chi connectivity index (χ3v) is 5.70. The Hall–Kier alpha value is -2.64. The number of hydrogen-bond acceptors (Lipinski definition) is 3. The summed E-state index contributed by atoms with van der Waals surface area (Å²) in [5.74, 6) is -0.277. The molecule has 27 heavy (non-hydrogen) atoms. The molecule has 138 valence electrons. The number of nitrogens with one attached hydrogen (secondary N) is 2. The molecule has 0 fully saturated rings. The second-order valence-electron chi connectivity index (χ2n) is 5.96. The minimum atomic E-state index is -3.67. The zero-order valence-corrected chi connectivity index (χ0v) is 16.8. The van der Waals surface area contributed by atoms with Crippen molar-refractivity contribution in [1.82, 2.24) is 0 Å². The number of hydrogen-bond donors (Lipinski definition) is 2. The molecule has 0 unspecified atom stereocenters. The molecule has 0 radical (unpaired) electrons. The summed E-state index contributed by atoms with van der Waals surface area (Å²) in [6.45, 7) is 1.89. The van der Waals surface area contributed by atoms with Crippen molar-refractivity contribution in [1.29, 1.82) is 0 Å². The van der Waals surface area contributed by atoms with E-state index in [9.17, 15) is 13.2 Å². The molecular weight excluding hydrogens is 428 g/mol. The largest absolute Gasteiger partial charge is 0.322 e. The van der Waals surface area contributed by atoms with Gasteiger partial charge in [0.2, 0.25) is 0 Å². The van der Waals surface area contributed by atoms with Crippen LogP contribution in [-0.2, 0) is 10.0 Å². The smallest absolute Gasteiger partial charge is 0.261 e. The maximum atomic E-state index is 12.4. The van der Waals surface area contributed by atoms with E-state index in [-0.39, 0.29) is 10.8 Å². The van der Waals surface area contributed by atoms with Crippen molar-refractivity contribution in [3.8, 4) is 0 Å². The minimum absolute atomic E-state index is 0.185. The Balaban J connectivity index is 1.71. The van der Waals surface area contributed by atoms with Crippen LogP contribution in [0.25, 0.3) is 0 Å². The molecule has 0 atom stereocenters. The van der Waals surface area contributed by atoms with Gasteiger partial charge in [0.05, 0.1) is 4.90 Å². The molecule has 5 nitrogen and oxygen atoms in total. The van der Waals surface area contributed by atoms with Crippen molar-refractivity contribution in [3.05, 3.63) is 88.4 Å². The number of rotatable bonds is 5. The summed E-state index contributed by atoms with van der Waals surface area (Å²) in [6.07, 6.45) is 0. The quantitative estimate of drug-likeness (QED) is 0.592. The second-order valence-corrected chi connectivity index (χ2v) is 8.56. The highest BCUT2D eigenvalue weighted by Gasteiger charge is 2.14. The fourth-order valence-electron chi connectivity index (χ4n) is 2.39. The summed E-state index contributed by atoms with van der Waals surface area (Å²) in [5.41, 5.74) is 2.45. The van der Waals surface area contributed by atoms with Gasteiger partial charge in [-0.15, -0.1) is 0 Å². The highest BCUT2D eigenvalue weighted by Crippen LogP contribution is 2.19. The Bertz CT molecular complexity index is 1060. The molecule has 0 aromatic heterocycles. The van der Waals surface area contributed by atoms with Gasteiger partial charge in [-0.2, -0.15) is 0 Å². The van der Waals surface area contributed by atoms with Gasteiger partial charge < -0.3 is 5.32 Å². The van der Waals surface area contributed by atoms with Gasteiger partial charge in [-0.1, -0.05) is 39.7 Å². The number of aryl methyl sites for hydroxylation is 1. The molecule has 3 rings (SSSR count). The first-order chi connectivity index (χ1) is 12.8. The lowest BCUT2D eigenvalue weighted by Crippen LogP contribution is -2.14. The normalized spacial score (nSPS) is 11.0. The standard InChI is InChI=1S/C20H17BrN2O3S/c1-14-5-11-19(12-6-14)27(25,26)23-17-9-7-15(8-10-17)20(24)22-18-4-2-3-16(21)13-18/h2-13,23H,1H3,(H,22,24). The summed E-state index contributed by atoms with van der Waals surface area (Å²) in [7, 11) is -3.67. The van der Waals surface area contributed by atoms with Crippen molar-refractivity contribution >= 4 is 43.2 Å². The molecule has 2 N–H and O–H groups in total. The number of carbonyl (C=O) groups is 1. The van der Waals surface area contributed by atoms with Crippen molar-refractivity contribution in [2.24, 2.45) is 0 Å². The van der Waals surface area contributed by atoms with Crippen LogP contribution >= 0.6 is 15.9 Å². The van der Waals surface area contributed by atoms with Crippen molar-refractivity contribution in [2.45, 2.75) is 11.8 Å². The fraction of sp³-hybridized carbons (Fsp3) is 0.0500. The number of carbonyl (C=O) groups excluding carboxylic acids is 1. The molecule has 0 spiro atoms. The van der Waals surface area contributed by atoms with Crippen LogP contribution in [0.5, 0.6) is 0 Å². The Labute approximate surface area is 166 Å². The van der Waals surface area contributed by atoms with E-state index in [2.05, 4.69) is 26.0 Å². The van der Waals surface area contributed by atoms with E-state index >= 15 is 0 Å². The van der Waals surface area contributed by atoms with E-state index in [0.29, 0.717) is 16.9 Å². The Morgan fingerprint density at radius 2 is 1.56 bits per heavy atom. The van der Waals surface area contributed by atoms with Crippen LogP contribution in [-0.4, -0.2) is 14.3 Å². The Morgan fingerprint density at radius 3 is 2.19 bits per heavy atom. The first-order valence-electron chi connectivity index (χ1n) is 8.10. The molecule has 3 aromatic carbocycles. The van der Waals surface area contributed by atoms with Crippen LogP contribution in [0.3, 0.4) is 0 Å². The average molecular weight is 445 g/mol. The number of anilines is 2. The van der Waals surface area contributed by atoms with E-state index in [1.807, 2.05) is 19.1 Å². The van der Waals surface area contributed by atoms with Gasteiger partial charge in [-0.3, -0.25) is 9.52 Å². The highest BCUT2D eigenvalue weighted by molar-refractivity contribution is 9.10. The lowest BCUT2D eigenvalue weighted by Gasteiger charge is -2.10. The first-order valence-corrected chi connectivity index (χ1v) is 10.4. The highest BCUT2D eigenvalue weighted by atomic mass is 79.9. The molecule has 0 bridgehead atoms. The van der Waals surface area contributed by atoms with Gasteiger partial charge in [0.1, 0.15) is 0 Å². The number of halogens is 1. The van der Waals surface area contributed by atoms with Crippen molar-refractivity contribution < 1.29 is 13.2 Å². The predicted molar refractivity (Wildman–Crippen MR) is 111 cm³/mol. The summed E-state index contributed by atoms with van der Waals surface area (Å²) in [4.78, 5) is 12.5. The van der Waals surface area contributed by atoms with E-state index in [0.717, 1.165) is 10.0 Å². The van der Waals surface area contributed by atoms with Gasteiger partial charge in [0, 0.05) is 21.4 Å². The summed E-state index contributed by atoms with van der Waals surface area (Å²) >= 11 is 3.35. The van der Waals surface area contributed by atoms with Crippen LogP contribution < -0.4 is 10.0 Å². The Kier molecular flexibility index (Phi) is 5.62. The molecule has 0 heterocycles. The molecule has 0 aliphatic rings. The van der Waals surface area contributed by atoms with Crippen LogP contribution in [0.15, 0.2) is 82.2 Å². The van der Waals surface area contributed by atoms with Crippen molar-refractivity contribution in [2.75, 3.05) is 10.0 Å². The van der Waals surface area contributed by atoms with E-state index in [1.54, 1.807) is 60.7 Å². The van der Waals surface area contributed by atoms with Crippen LogP contribution in [0.2, 0.25) is 0 Å². The average Bonchev–Trinajstić information content (AvgIpc) is 2.62. The van der Waals surface area contributed by atoms with E-state index in [1.165, 1.54) is 0 Å². The van der Waals surface area contributed by atoms with Crippen molar-refractivity contribution in [3.63, 3.8) is 0 Å². The zero-order valence-electron chi connectivity index (χ0n) is 14.4. The van der Waals surface area contributed by atoms with Gasteiger partial charge in [0.25, 0.3) is 15.9 Å². The van der Waals surface area contributed by atoms with Crippen LogP contribution in [0, 0.1) is 6.92 Å². The van der Waals surface area contributed by atoms with E-state index < -0.39 is 10.0 Å². The van der Waals surface area contributed by atoms with E-state index in [4.69, 9.17) is 0 Å². The molecule has 1 amide bonds. The predicted octanol–water partition coefficient (Wildman–Crippen LogP) is 4.81. The topological polar surface area (TPSA) is 75.3 Å². The summed E-state index contributed by atoms with van der Waals surface area (Å²) < 4.78 is 28.2. The first kappa shape index (κ1) is 19.1. The fourth-order valence-corrected chi connectivity index (χ4v) is 3.85. The van der Waals surface area contributed by atoms with Crippen LogP contribution in [0.4, 0.5) is 11.4 Å². The second kappa shape index (κ2) is 7.94. The third kappa shape index (κ3) is 4.96. The van der Waals surface area contributed by atoms with Crippen LogP contribution in [0.1, 0.15) is 15.9 Å². The van der Waals surface area contributed by atoms with Gasteiger partial charge in [-0.05, 0) is 61.5 Å². The molecule has 0 aliphatic carbocycles. The molecule has 7 heteroatoms. The maximum absolute atomic E-state index is 12.4. The SMILES string of the molecule is Cc1ccc(S(=O)(=O)Nc2ccc(C(=O)Nc3cccc(Br)c3)cc2)cc1. The molecule has 3 aromatic rings. The number of benzene rings is 3. The third-order valence-electron chi connectivity index (χ3n) is 3.81. The monoisotopic (exact) mass is 444 g/mol. The summed E-state index contributed by atoms with van der Waals surface area (Å²) in [6, 6.07) is 20.1. The van der Waals surface area contributed by atoms with Gasteiger partial charge >= 0.3 is 0 Å². The lowest BCUT2D eigenvalue weighted by molar-refractivity contribution is 0.102. The molecular formula is C20H17BrN2O3S. The lowest BCUT2D eigenvalue weighted by atomic mass is 10.2. The minimum Gasteiger partial charge on any atom is -0.322 e. The molecule has 0 aliphatic heterocycles. The number of amides is 1. The molecule has 0 saturated carbocycles. The Morgan fingerprint density at radius 1 is 0.889 bits per heavy atom. The maximum Gasteiger partial charge on any atom is 0.261 e. The number of sulfonamides is 1. The van der Waals surface area contributed by atoms with Gasteiger partial charge in [-0.25, -0.2) is 8.42 Å². The molecule has 0 saturated heterocycles. The zero-order chi connectivity index (χ0) is 19.4. The van der Waals surface area contributed by atoms with Gasteiger partial charge in [0.15, 0.2) is 0 Å².